The van der Waals surface area contributed by atoms with Crippen molar-refractivity contribution in [2.45, 2.75) is 64.8 Å². The number of aliphatic carboxylic acids is 1. The number of carboxylic acid groups (broad SMARTS) is 1. The summed E-state index contributed by atoms with van der Waals surface area (Å²) in [5.41, 5.74) is 1.95. The number of ether oxygens (including phenoxy) is 2. The van der Waals surface area contributed by atoms with E-state index in [1.165, 1.54) is 0 Å². The summed E-state index contributed by atoms with van der Waals surface area (Å²) in [4.78, 5) is 19.8. The minimum absolute atomic E-state index is 0.0519. The molecular weight excluding hydrogens is 510 g/mol. The molecule has 0 unspecified atom stereocenters. The largest absolute Gasteiger partial charge is 0.493 e. The lowest BCUT2D eigenvalue weighted by Crippen LogP contribution is -2.10. The zero-order chi connectivity index (χ0) is 25.2. The van der Waals surface area contributed by atoms with Crippen molar-refractivity contribution in [3.05, 3.63) is 52.3 Å². The fourth-order valence-corrected chi connectivity index (χ4v) is 4.38. The molecule has 0 radical (unpaired) electrons. The average Bonchev–Trinajstić information content (AvgIpc) is 2.82. The molecule has 0 saturated carbocycles. The molecule has 1 aromatic heterocycles. The third-order valence-corrected chi connectivity index (χ3v) is 6.33. The summed E-state index contributed by atoms with van der Waals surface area (Å²) in [7, 11) is 1.64. The molecule has 2 aromatic carbocycles. The first-order valence-corrected chi connectivity index (χ1v) is 12.9. The van der Waals surface area contributed by atoms with Crippen molar-refractivity contribution in [3.8, 4) is 11.5 Å². The molecule has 0 amide bonds. The molecule has 3 rings (SSSR count). The number of halogens is 1. The molecule has 1 atom stereocenters. The van der Waals surface area contributed by atoms with Crippen molar-refractivity contribution in [2.24, 2.45) is 0 Å². The van der Waals surface area contributed by atoms with Gasteiger partial charge < -0.3 is 19.9 Å². The molecule has 0 saturated heterocycles. The van der Waals surface area contributed by atoms with Crippen molar-refractivity contribution in [3.63, 3.8) is 0 Å². The highest BCUT2D eigenvalue weighted by atomic mass is 79.9. The fraction of sp³-hybridized carbons (Fsp3) is 0.444. The van der Waals surface area contributed by atoms with Crippen LogP contribution in [0, 0.1) is 6.92 Å². The van der Waals surface area contributed by atoms with Crippen LogP contribution in [0.3, 0.4) is 0 Å². The standard InChI is InChI=1S/C27H34BrN3O4/c1-18(20-11-10-12-21(28)15-20)29-27-22-16-24(34-3)25(17-23(22)30-19(2)31-27)35-14-9-7-5-4-6-8-13-26(32)33/h10-12,15-18H,4-9,13-14H2,1-3H3,(H,32,33)(H,29,30,31)/t18-/m1/s1. The Morgan fingerprint density at radius 1 is 1.06 bits per heavy atom. The Bertz CT molecular complexity index is 1140. The molecule has 0 aliphatic heterocycles. The van der Waals surface area contributed by atoms with Gasteiger partial charge in [-0.3, -0.25) is 4.79 Å². The van der Waals surface area contributed by atoms with E-state index in [1.54, 1.807) is 7.11 Å². The Kier molecular flexibility index (Phi) is 10.1. The second kappa shape index (κ2) is 13.3. The number of hydrogen-bond acceptors (Lipinski definition) is 6. The second-order valence-electron chi connectivity index (χ2n) is 8.67. The first-order chi connectivity index (χ1) is 16.9. The quantitative estimate of drug-likeness (QED) is 0.210. The topological polar surface area (TPSA) is 93.6 Å². The predicted molar refractivity (Wildman–Crippen MR) is 142 cm³/mol. The minimum atomic E-state index is -0.718. The summed E-state index contributed by atoms with van der Waals surface area (Å²) >= 11 is 3.54. The summed E-state index contributed by atoms with van der Waals surface area (Å²) in [5, 5.41) is 13.1. The number of aromatic nitrogens is 2. The Balaban J connectivity index is 1.64. The van der Waals surface area contributed by atoms with E-state index < -0.39 is 5.97 Å². The highest BCUT2D eigenvalue weighted by molar-refractivity contribution is 9.10. The maximum absolute atomic E-state index is 10.6. The number of benzene rings is 2. The van der Waals surface area contributed by atoms with Gasteiger partial charge >= 0.3 is 5.97 Å². The molecule has 0 aliphatic carbocycles. The van der Waals surface area contributed by atoms with Crippen LogP contribution in [0.25, 0.3) is 10.9 Å². The molecule has 7 nitrogen and oxygen atoms in total. The zero-order valence-electron chi connectivity index (χ0n) is 20.6. The van der Waals surface area contributed by atoms with E-state index in [-0.39, 0.29) is 12.5 Å². The Morgan fingerprint density at radius 3 is 2.51 bits per heavy atom. The molecule has 1 heterocycles. The molecule has 35 heavy (non-hydrogen) atoms. The van der Waals surface area contributed by atoms with Gasteiger partial charge in [-0.2, -0.15) is 0 Å². The fourth-order valence-electron chi connectivity index (χ4n) is 3.97. The van der Waals surface area contributed by atoms with Gasteiger partial charge in [0.05, 0.1) is 25.3 Å². The molecule has 0 spiro atoms. The second-order valence-corrected chi connectivity index (χ2v) is 9.59. The third kappa shape index (κ3) is 8.09. The summed E-state index contributed by atoms with van der Waals surface area (Å²) in [6.07, 6.45) is 6.08. The van der Waals surface area contributed by atoms with Crippen LogP contribution in [0.15, 0.2) is 40.9 Å². The van der Waals surface area contributed by atoms with Gasteiger partial charge in [-0.1, -0.05) is 53.7 Å². The summed E-state index contributed by atoms with van der Waals surface area (Å²) in [5.74, 6) is 2.04. The Hall–Kier alpha value is -2.87. The van der Waals surface area contributed by atoms with Crippen LogP contribution in [0.4, 0.5) is 5.82 Å². The number of carboxylic acids is 1. The lowest BCUT2D eigenvalue weighted by molar-refractivity contribution is -0.137. The first kappa shape index (κ1) is 26.7. The summed E-state index contributed by atoms with van der Waals surface area (Å²) in [6.45, 7) is 4.58. The molecular formula is C27H34BrN3O4. The van der Waals surface area contributed by atoms with Crippen molar-refractivity contribution < 1.29 is 19.4 Å². The number of fused-ring (bicyclic) bond motifs is 1. The van der Waals surface area contributed by atoms with E-state index in [0.717, 1.165) is 65.3 Å². The summed E-state index contributed by atoms with van der Waals surface area (Å²) in [6, 6.07) is 12.1. The third-order valence-electron chi connectivity index (χ3n) is 5.84. The van der Waals surface area contributed by atoms with Crippen molar-refractivity contribution in [1.29, 1.82) is 0 Å². The number of methoxy groups -OCH3 is 1. The van der Waals surface area contributed by atoms with Crippen molar-refractivity contribution >= 4 is 38.6 Å². The lowest BCUT2D eigenvalue weighted by Gasteiger charge is -2.18. The number of unbranched alkanes of at least 4 members (excludes halogenated alkanes) is 5. The maximum atomic E-state index is 10.6. The van der Waals surface area contributed by atoms with E-state index in [2.05, 4.69) is 50.3 Å². The molecule has 3 aromatic rings. The number of carbonyl (C=O) groups is 1. The van der Waals surface area contributed by atoms with Gasteiger partial charge in [0.1, 0.15) is 11.6 Å². The van der Waals surface area contributed by atoms with E-state index in [4.69, 9.17) is 14.6 Å². The van der Waals surface area contributed by atoms with Crippen LogP contribution in [0.2, 0.25) is 0 Å². The number of nitrogens with one attached hydrogen (secondary N) is 1. The van der Waals surface area contributed by atoms with Crippen molar-refractivity contribution in [2.75, 3.05) is 19.0 Å². The van der Waals surface area contributed by atoms with Gasteiger partial charge in [0, 0.05) is 22.3 Å². The van der Waals surface area contributed by atoms with Crippen LogP contribution < -0.4 is 14.8 Å². The van der Waals surface area contributed by atoms with Gasteiger partial charge in [0.15, 0.2) is 11.5 Å². The van der Waals surface area contributed by atoms with Crippen LogP contribution >= 0.6 is 15.9 Å². The minimum Gasteiger partial charge on any atom is -0.493 e. The highest BCUT2D eigenvalue weighted by Crippen LogP contribution is 2.35. The van der Waals surface area contributed by atoms with Crippen LogP contribution in [-0.4, -0.2) is 34.8 Å². The number of aryl methyl sites for hydroxylation is 1. The molecule has 2 N–H and O–H groups in total. The maximum Gasteiger partial charge on any atom is 0.303 e. The molecule has 0 bridgehead atoms. The van der Waals surface area contributed by atoms with E-state index in [0.29, 0.717) is 23.9 Å². The molecule has 0 fully saturated rings. The van der Waals surface area contributed by atoms with Crippen LogP contribution in [-0.2, 0) is 4.79 Å². The van der Waals surface area contributed by atoms with Gasteiger partial charge in [-0.05, 0) is 50.5 Å². The van der Waals surface area contributed by atoms with Crippen molar-refractivity contribution in [1.82, 2.24) is 9.97 Å². The monoisotopic (exact) mass is 543 g/mol. The van der Waals surface area contributed by atoms with Gasteiger partial charge in [0.25, 0.3) is 0 Å². The van der Waals surface area contributed by atoms with E-state index in [1.807, 2.05) is 31.2 Å². The van der Waals surface area contributed by atoms with Gasteiger partial charge in [0.2, 0.25) is 0 Å². The number of rotatable bonds is 14. The lowest BCUT2D eigenvalue weighted by atomic mass is 10.1. The average molecular weight is 544 g/mol. The summed E-state index contributed by atoms with van der Waals surface area (Å²) < 4.78 is 12.7. The number of nitrogens with zero attached hydrogens (tertiary/aromatic N) is 2. The van der Waals surface area contributed by atoms with E-state index in [9.17, 15) is 4.79 Å². The normalized spacial score (nSPS) is 11.9. The smallest absolute Gasteiger partial charge is 0.303 e. The van der Waals surface area contributed by atoms with E-state index >= 15 is 0 Å². The first-order valence-electron chi connectivity index (χ1n) is 12.1. The van der Waals surface area contributed by atoms with Crippen LogP contribution in [0.5, 0.6) is 11.5 Å². The molecule has 0 aliphatic rings. The number of anilines is 1. The Labute approximate surface area is 215 Å². The number of hydrogen-bond donors (Lipinski definition) is 2. The Morgan fingerprint density at radius 2 is 1.80 bits per heavy atom. The SMILES string of the molecule is COc1cc2c(N[C@H](C)c3cccc(Br)c3)nc(C)nc2cc1OCCCCCCCCC(=O)O. The molecule has 188 valence electrons. The highest BCUT2D eigenvalue weighted by Gasteiger charge is 2.15. The predicted octanol–water partition coefficient (Wildman–Crippen LogP) is 7.08. The van der Waals surface area contributed by atoms with Crippen LogP contribution in [0.1, 0.15) is 69.3 Å². The van der Waals surface area contributed by atoms with Gasteiger partial charge in [-0.15, -0.1) is 0 Å². The molecule has 8 heteroatoms. The zero-order valence-corrected chi connectivity index (χ0v) is 22.2. The van der Waals surface area contributed by atoms with Gasteiger partial charge in [-0.25, -0.2) is 9.97 Å².